The molecule has 1 saturated heterocycles. The number of benzene rings is 3. The van der Waals surface area contributed by atoms with Gasteiger partial charge in [0.05, 0.1) is 41.2 Å². The van der Waals surface area contributed by atoms with Crippen molar-refractivity contribution in [2.75, 3.05) is 5.32 Å². The van der Waals surface area contributed by atoms with Crippen LogP contribution in [0.5, 0.6) is 0 Å². The second kappa shape index (κ2) is 24.9. The summed E-state index contributed by atoms with van der Waals surface area (Å²) < 4.78 is 28.0. The number of hydrogen-bond acceptors (Lipinski definition) is 8. The molecular formula is C59H74FN2O8-. The van der Waals surface area contributed by atoms with Gasteiger partial charge in [0.25, 0.3) is 5.91 Å². The zero-order valence-electron chi connectivity index (χ0n) is 41.9. The van der Waals surface area contributed by atoms with E-state index in [0.717, 1.165) is 48.2 Å². The van der Waals surface area contributed by atoms with Gasteiger partial charge in [-0.05, 0) is 122 Å². The Bertz CT molecular complexity index is 2440. The number of esters is 1. The Labute approximate surface area is 414 Å². The second-order valence-electron chi connectivity index (χ2n) is 20.1. The number of nitrogens with zero attached hydrogens (tertiary/aromatic N) is 1. The molecule has 376 valence electrons. The number of ether oxygens (including phenoxy) is 2. The van der Waals surface area contributed by atoms with E-state index < -0.39 is 18.0 Å². The van der Waals surface area contributed by atoms with E-state index in [4.69, 9.17) is 9.47 Å². The van der Waals surface area contributed by atoms with Crippen LogP contribution in [0.2, 0.25) is 0 Å². The van der Waals surface area contributed by atoms with Gasteiger partial charge in [-0.1, -0.05) is 115 Å². The molecule has 11 heteroatoms. The lowest BCUT2D eigenvalue weighted by Gasteiger charge is -2.43. The Morgan fingerprint density at radius 2 is 1.61 bits per heavy atom. The van der Waals surface area contributed by atoms with Gasteiger partial charge >= 0.3 is 5.97 Å². The van der Waals surface area contributed by atoms with E-state index in [1.165, 1.54) is 17.7 Å². The van der Waals surface area contributed by atoms with Gasteiger partial charge in [0.15, 0.2) is 0 Å². The molecule has 0 bridgehead atoms. The highest BCUT2D eigenvalue weighted by molar-refractivity contribution is 6.12. The normalized spacial score (nSPS) is 23.2. The summed E-state index contributed by atoms with van der Waals surface area (Å²) in [6, 6.07) is 25.0. The molecule has 4 N–H and O–H groups in total. The Hall–Kier alpha value is -5.75. The van der Waals surface area contributed by atoms with Crippen molar-refractivity contribution in [2.45, 2.75) is 142 Å². The van der Waals surface area contributed by atoms with Gasteiger partial charge in [0.1, 0.15) is 18.0 Å². The highest BCUT2D eigenvalue weighted by Gasteiger charge is 2.42. The Kier molecular flexibility index (Phi) is 19.1. The van der Waals surface area contributed by atoms with E-state index in [1.54, 1.807) is 12.1 Å². The maximum atomic E-state index is 14.1. The lowest BCUT2D eigenvalue weighted by atomic mass is 9.65. The monoisotopic (exact) mass is 958 g/mol. The van der Waals surface area contributed by atoms with Crippen LogP contribution in [0.25, 0.3) is 22.4 Å². The van der Waals surface area contributed by atoms with Gasteiger partial charge in [-0.2, -0.15) is 0 Å². The number of aliphatic hydroxyl groups excluding tert-OH is 3. The van der Waals surface area contributed by atoms with E-state index >= 15 is 0 Å². The fraction of sp³-hybridized carbons (Fsp3) is 0.458. The van der Waals surface area contributed by atoms with Gasteiger partial charge in [0, 0.05) is 42.2 Å². The van der Waals surface area contributed by atoms with E-state index in [9.17, 15) is 34.4 Å². The number of carbonyl (C=O) groups excluding carboxylic acids is 2. The summed E-state index contributed by atoms with van der Waals surface area (Å²) in [6.07, 6.45) is 9.60. The zero-order valence-corrected chi connectivity index (χ0v) is 41.9. The maximum Gasteiger partial charge on any atom is 0.308 e. The van der Waals surface area contributed by atoms with Gasteiger partial charge in [0.2, 0.25) is 0 Å². The van der Waals surface area contributed by atoms with Gasteiger partial charge in [-0.3, -0.25) is 9.59 Å². The van der Waals surface area contributed by atoms with Crippen molar-refractivity contribution in [1.29, 1.82) is 0 Å². The highest BCUT2D eigenvalue weighted by atomic mass is 19.1. The van der Waals surface area contributed by atoms with Crippen LogP contribution >= 0.6 is 0 Å². The molecule has 2 aliphatic carbocycles. The number of carbonyl (C=O) groups is 2. The molecule has 10 atom stereocenters. The number of amides is 1. The number of nitrogens with one attached hydrogen (secondary N) is 1. The third kappa shape index (κ3) is 14.0. The first-order valence-corrected chi connectivity index (χ1v) is 25.2. The first-order valence-electron chi connectivity index (χ1n) is 25.2. The smallest absolute Gasteiger partial charge is 0.308 e. The average molecular weight is 958 g/mol. The van der Waals surface area contributed by atoms with Crippen molar-refractivity contribution >= 4 is 17.6 Å². The fourth-order valence-electron chi connectivity index (χ4n) is 10.5. The van der Waals surface area contributed by atoms with E-state index in [1.807, 2.05) is 92.9 Å². The number of aromatic nitrogens is 1. The van der Waals surface area contributed by atoms with E-state index in [-0.39, 0.29) is 73.0 Å². The molecule has 7 rings (SSSR count). The third-order valence-corrected chi connectivity index (χ3v) is 14.0. The first-order chi connectivity index (χ1) is 33.4. The fourth-order valence-corrected chi connectivity index (χ4v) is 10.5. The molecule has 3 aliphatic rings. The SMILES string of the molecule is C=C([O-])CC(O)CC(O)CCn1c(-c2ccc(F)cc2)c(-c2ccccc2)c(C(=O)Nc2ccccc2)c1C(C)C.C=C1C[C@H](O)CC(CC[C@@H]2[C@@H]3C(=C[C@H](C)C[C@@H]3OC(=O)[C@@H](C)CC)C=C[C@@H]2C)O1. The minimum Gasteiger partial charge on any atom is -0.876 e. The van der Waals surface area contributed by atoms with E-state index in [0.29, 0.717) is 59.7 Å². The summed E-state index contributed by atoms with van der Waals surface area (Å²) in [5.41, 5.74) is 6.27. The molecule has 0 radical (unpaired) electrons. The predicted molar refractivity (Wildman–Crippen MR) is 274 cm³/mol. The standard InChI is InChI=1S/C34H37FN2O4.C25H38O4/c1-22(2)32-31(34(41)36-27-12-8-5-9-13-27)30(24-10-6-4-7-11-24)33(25-14-16-26(35)17-15-25)37(32)19-18-28(39)21-29(40)20-23(3)38;1-6-16(3)25(27)29-23-12-15(2)11-19-8-7-17(4)22(24(19)23)10-9-21-14-20(26)13-18(5)28-21/h4-17,22,28-29,38-40H,3,18-21H2,1-2H3,(H,36,41);7-8,11,15-17,20-24,26H,5-6,9-10,12-14H2,1-4H3/p-1/t;15-,16-,17-,20-,21?,22-,23-,24-/m.0/s1. The molecule has 1 aliphatic heterocycles. The number of para-hydroxylation sites is 1. The Morgan fingerprint density at radius 3 is 2.24 bits per heavy atom. The maximum absolute atomic E-state index is 14.1. The summed E-state index contributed by atoms with van der Waals surface area (Å²) >= 11 is 0. The average Bonchev–Trinajstić information content (AvgIpc) is 3.66. The molecule has 2 heterocycles. The zero-order chi connectivity index (χ0) is 50.6. The topological polar surface area (TPSA) is 153 Å². The number of aliphatic hydroxyl groups is 3. The number of fused-ring (bicyclic) bond motifs is 1. The number of anilines is 1. The molecule has 4 aromatic rings. The van der Waals surface area contributed by atoms with E-state index in [2.05, 4.69) is 50.6 Å². The molecule has 1 amide bonds. The summed E-state index contributed by atoms with van der Waals surface area (Å²) in [6.45, 7) is 20.0. The second-order valence-corrected chi connectivity index (χ2v) is 20.1. The third-order valence-electron chi connectivity index (χ3n) is 14.0. The largest absolute Gasteiger partial charge is 0.876 e. The molecular weight excluding hydrogens is 884 g/mol. The molecule has 1 aromatic heterocycles. The van der Waals surface area contributed by atoms with Crippen molar-refractivity contribution in [3.63, 3.8) is 0 Å². The molecule has 3 unspecified atom stereocenters. The first kappa shape index (κ1) is 53.6. The lowest BCUT2D eigenvalue weighted by Crippen LogP contribution is -2.42. The van der Waals surface area contributed by atoms with Crippen LogP contribution in [-0.4, -0.2) is 62.3 Å². The summed E-state index contributed by atoms with van der Waals surface area (Å²) in [5.74, 6) is 0.932. The minimum atomic E-state index is -0.993. The van der Waals surface area contributed by atoms with Gasteiger partial charge in [-0.25, -0.2) is 4.39 Å². The van der Waals surface area contributed by atoms with Gasteiger partial charge < -0.3 is 39.8 Å². The molecule has 1 fully saturated rings. The molecule has 3 aromatic carbocycles. The van der Waals surface area contributed by atoms with Crippen LogP contribution in [0.15, 0.2) is 133 Å². The lowest BCUT2D eigenvalue weighted by molar-refractivity contribution is -0.308. The summed E-state index contributed by atoms with van der Waals surface area (Å²) in [5, 5.41) is 45.4. The van der Waals surface area contributed by atoms with Crippen molar-refractivity contribution < 1.29 is 43.9 Å². The number of halogens is 1. The molecule has 0 saturated carbocycles. The van der Waals surface area contributed by atoms with Crippen LogP contribution in [-0.2, 0) is 20.8 Å². The quantitative estimate of drug-likeness (QED) is 0.0568. The van der Waals surface area contributed by atoms with Crippen LogP contribution in [0, 0.1) is 35.4 Å². The van der Waals surface area contributed by atoms with Crippen LogP contribution in [0.3, 0.4) is 0 Å². The number of hydrogen-bond donors (Lipinski definition) is 4. The Morgan fingerprint density at radius 1 is 0.943 bits per heavy atom. The predicted octanol–water partition coefficient (Wildman–Crippen LogP) is 11.3. The Balaban J connectivity index is 0.000000244. The van der Waals surface area contributed by atoms with Crippen molar-refractivity contribution in [3.05, 3.63) is 150 Å². The van der Waals surface area contributed by atoms with Crippen LogP contribution in [0.1, 0.15) is 121 Å². The van der Waals surface area contributed by atoms with Crippen molar-refractivity contribution in [1.82, 2.24) is 4.57 Å². The van der Waals surface area contributed by atoms with Gasteiger partial charge in [-0.15, -0.1) is 12.3 Å². The van der Waals surface area contributed by atoms with Crippen molar-refractivity contribution in [2.24, 2.45) is 29.6 Å². The summed E-state index contributed by atoms with van der Waals surface area (Å²) in [4.78, 5) is 26.6. The van der Waals surface area contributed by atoms with Crippen molar-refractivity contribution in [3.8, 4) is 22.4 Å². The summed E-state index contributed by atoms with van der Waals surface area (Å²) in [7, 11) is 0. The minimum absolute atomic E-state index is 0.0261. The van der Waals surface area contributed by atoms with Crippen LogP contribution in [0.4, 0.5) is 10.1 Å². The highest BCUT2D eigenvalue weighted by Crippen LogP contribution is 2.46. The van der Waals surface area contributed by atoms with Crippen LogP contribution < -0.4 is 10.4 Å². The molecule has 0 spiro atoms. The number of rotatable bonds is 18. The number of allylic oxidation sites excluding steroid dienone is 3. The molecule has 10 nitrogen and oxygen atoms in total. The molecule has 70 heavy (non-hydrogen) atoms.